The van der Waals surface area contributed by atoms with Gasteiger partial charge in [0.2, 0.25) is 0 Å². The Morgan fingerprint density at radius 1 is 1.05 bits per heavy atom. The van der Waals surface area contributed by atoms with Gasteiger partial charge >= 0.3 is 6.03 Å². The van der Waals surface area contributed by atoms with Gasteiger partial charge in [0.15, 0.2) is 0 Å². The topological polar surface area (TPSA) is 89.6 Å². The number of hydrogen-bond acceptors (Lipinski definition) is 5. The highest BCUT2D eigenvalue weighted by molar-refractivity contribution is 5.89. The minimum absolute atomic E-state index is 0.0366. The number of carbonyl (C=O) groups excluding carboxylic acids is 1. The number of ether oxygens (including phenoxy) is 1. The maximum Gasteiger partial charge on any atom is 0.322 e. The fourth-order valence-electron chi connectivity index (χ4n) is 4.38. The first kappa shape index (κ1) is 25.7. The van der Waals surface area contributed by atoms with Crippen LogP contribution in [-0.2, 0) is 6.54 Å². The van der Waals surface area contributed by atoms with E-state index in [0.717, 1.165) is 0 Å². The van der Waals surface area contributed by atoms with Crippen molar-refractivity contribution in [2.24, 2.45) is 0 Å². The third-order valence-electron chi connectivity index (χ3n) is 6.33. The molecule has 0 aliphatic rings. The molecule has 39 heavy (non-hydrogen) atoms. The summed E-state index contributed by atoms with van der Waals surface area (Å²) in [6.45, 7) is 4.23. The first-order valence-corrected chi connectivity index (χ1v) is 12.6. The number of aromatic nitrogens is 2. The zero-order valence-corrected chi connectivity index (χ0v) is 21.5. The number of fused-ring (bicyclic) bond motifs is 1. The monoisotopic (exact) mass is 526 g/mol. The van der Waals surface area contributed by atoms with Crippen molar-refractivity contribution in [2.45, 2.75) is 26.4 Å². The number of nitrogens with zero attached hydrogens (tertiary/aromatic N) is 3. The number of furan rings is 1. The zero-order chi connectivity index (χ0) is 27.4. The number of amides is 2. The molecule has 8 nitrogen and oxygen atoms in total. The van der Waals surface area contributed by atoms with Gasteiger partial charge in [-0.2, -0.15) is 0 Å². The SMILES string of the molecule is CCOc1ccc(-n2c(C(C)N(Cc3ccco3)C(=O)Nc3ccccc3F)nc3ccccc3c2=O)cc1. The van der Waals surface area contributed by atoms with E-state index in [0.29, 0.717) is 40.5 Å². The third kappa shape index (κ3) is 5.38. The first-order chi connectivity index (χ1) is 19.0. The van der Waals surface area contributed by atoms with Gasteiger partial charge in [0.25, 0.3) is 5.56 Å². The smallest absolute Gasteiger partial charge is 0.322 e. The lowest BCUT2D eigenvalue weighted by molar-refractivity contribution is 0.179. The van der Waals surface area contributed by atoms with Gasteiger partial charge in [-0.3, -0.25) is 9.36 Å². The molecular weight excluding hydrogens is 499 g/mol. The number of para-hydroxylation sites is 2. The molecule has 2 heterocycles. The molecule has 0 fully saturated rings. The highest BCUT2D eigenvalue weighted by Gasteiger charge is 2.28. The molecule has 1 N–H and O–H groups in total. The molecular formula is C30H27FN4O4. The minimum atomic E-state index is -0.731. The van der Waals surface area contributed by atoms with E-state index in [4.69, 9.17) is 14.1 Å². The average Bonchev–Trinajstić information content (AvgIpc) is 3.47. The molecule has 198 valence electrons. The van der Waals surface area contributed by atoms with Crippen LogP contribution in [0.5, 0.6) is 5.75 Å². The summed E-state index contributed by atoms with van der Waals surface area (Å²) in [6, 6.07) is 22.2. The zero-order valence-electron chi connectivity index (χ0n) is 21.5. The van der Waals surface area contributed by atoms with Crippen molar-refractivity contribution in [2.75, 3.05) is 11.9 Å². The van der Waals surface area contributed by atoms with E-state index < -0.39 is 17.9 Å². The van der Waals surface area contributed by atoms with Crippen LogP contribution >= 0.6 is 0 Å². The van der Waals surface area contributed by atoms with Gasteiger partial charge in [-0.25, -0.2) is 14.2 Å². The van der Waals surface area contributed by atoms with Crippen LogP contribution in [0.1, 0.15) is 31.5 Å². The predicted octanol–water partition coefficient (Wildman–Crippen LogP) is 6.31. The molecule has 1 atom stereocenters. The van der Waals surface area contributed by atoms with Crippen LogP contribution in [-0.4, -0.2) is 27.1 Å². The molecule has 0 saturated heterocycles. The van der Waals surface area contributed by atoms with Crippen molar-refractivity contribution in [1.82, 2.24) is 14.5 Å². The van der Waals surface area contributed by atoms with E-state index in [2.05, 4.69) is 5.32 Å². The summed E-state index contributed by atoms with van der Waals surface area (Å²) in [6.07, 6.45) is 1.51. The van der Waals surface area contributed by atoms with Gasteiger partial charge in [0, 0.05) is 0 Å². The summed E-state index contributed by atoms with van der Waals surface area (Å²) in [5, 5.41) is 3.09. The summed E-state index contributed by atoms with van der Waals surface area (Å²) >= 11 is 0. The number of anilines is 1. The van der Waals surface area contributed by atoms with Crippen LogP contribution in [0.2, 0.25) is 0 Å². The molecule has 5 aromatic rings. The standard InChI is InChI=1S/C30H27FN4O4/c1-3-38-22-16-14-21(15-17-22)35-28(32-26-12-6-4-10-24(26)29(35)36)20(2)34(19-23-9-8-18-39-23)30(37)33-27-13-7-5-11-25(27)31/h4-18,20H,3,19H2,1-2H3,(H,33,37). The molecule has 9 heteroatoms. The largest absolute Gasteiger partial charge is 0.494 e. The van der Waals surface area contributed by atoms with Crippen molar-refractivity contribution in [3.8, 4) is 11.4 Å². The summed E-state index contributed by atoms with van der Waals surface area (Å²) in [4.78, 5) is 33.7. The van der Waals surface area contributed by atoms with Crippen LogP contribution in [0.25, 0.3) is 16.6 Å². The van der Waals surface area contributed by atoms with Gasteiger partial charge < -0.3 is 19.4 Å². The molecule has 0 spiro atoms. The van der Waals surface area contributed by atoms with Crippen LogP contribution < -0.4 is 15.6 Å². The van der Waals surface area contributed by atoms with Crippen LogP contribution in [0.15, 0.2) is 100 Å². The predicted molar refractivity (Wildman–Crippen MR) is 147 cm³/mol. The summed E-state index contributed by atoms with van der Waals surface area (Å²) in [7, 11) is 0. The van der Waals surface area contributed by atoms with E-state index in [9.17, 15) is 14.0 Å². The molecule has 0 aliphatic heterocycles. The van der Waals surface area contributed by atoms with E-state index in [-0.39, 0.29) is 17.8 Å². The Morgan fingerprint density at radius 3 is 2.51 bits per heavy atom. The Balaban J connectivity index is 1.63. The van der Waals surface area contributed by atoms with E-state index in [1.807, 2.05) is 6.92 Å². The molecule has 3 aromatic carbocycles. The third-order valence-corrected chi connectivity index (χ3v) is 6.33. The molecule has 0 saturated carbocycles. The summed E-state index contributed by atoms with van der Waals surface area (Å²) in [5.74, 6) is 0.951. The van der Waals surface area contributed by atoms with Gasteiger partial charge in [0.1, 0.15) is 23.2 Å². The van der Waals surface area contributed by atoms with Crippen LogP contribution in [0.4, 0.5) is 14.9 Å². The van der Waals surface area contributed by atoms with Crippen LogP contribution in [0.3, 0.4) is 0 Å². The van der Waals surface area contributed by atoms with Gasteiger partial charge in [0.05, 0.1) is 47.7 Å². The highest BCUT2D eigenvalue weighted by Crippen LogP contribution is 2.27. The Bertz CT molecular complexity index is 1650. The quantitative estimate of drug-likeness (QED) is 0.256. The minimum Gasteiger partial charge on any atom is -0.494 e. The van der Waals surface area contributed by atoms with Crippen LogP contribution in [0, 0.1) is 5.82 Å². The van der Waals surface area contributed by atoms with Crippen molar-refractivity contribution in [3.63, 3.8) is 0 Å². The highest BCUT2D eigenvalue weighted by atomic mass is 19.1. The number of rotatable bonds is 8. The number of halogens is 1. The second-order valence-electron chi connectivity index (χ2n) is 8.85. The van der Waals surface area contributed by atoms with Crippen molar-refractivity contribution in [1.29, 1.82) is 0 Å². The maximum absolute atomic E-state index is 14.4. The summed E-state index contributed by atoms with van der Waals surface area (Å²) < 4.78 is 27.0. The Hall–Kier alpha value is -4.92. The van der Waals surface area contributed by atoms with E-state index in [1.54, 1.807) is 79.7 Å². The van der Waals surface area contributed by atoms with E-state index in [1.165, 1.54) is 27.9 Å². The maximum atomic E-state index is 14.4. The molecule has 0 bridgehead atoms. The summed E-state index contributed by atoms with van der Waals surface area (Å²) in [5.41, 5.74) is 0.823. The Kier molecular flexibility index (Phi) is 7.40. The van der Waals surface area contributed by atoms with Crippen molar-refractivity contribution < 1.29 is 18.3 Å². The second kappa shape index (κ2) is 11.2. The molecule has 0 radical (unpaired) electrons. The molecule has 2 aromatic heterocycles. The number of urea groups is 1. The lowest BCUT2D eigenvalue weighted by Crippen LogP contribution is -2.39. The number of carbonyl (C=O) groups is 1. The Labute approximate surface area is 224 Å². The normalized spacial score (nSPS) is 11.8. The number of nitrogens with one attached hydrogen (secondary N) is 1. The lowest BCUT2D eigenvalue weighted by atomic mass is 10.1. The van der Waals surface area contributed by atoms with E-state index >= 15 is 0 Å². The van der Waals surface area contributed by atoms with Crippen molar-refractivity contribution in [3.05, 3.63) is 119 Å². The number of hydrogen-bond donors (Lipinski definition) is 1. The molecule has 0 aliphatic carbocycles. The molecule has 1 unspecified atom stereocenters. The molecule has 2 amide bonds. The molecule has 5 rings (SSSR count). The Morgan fingerprint density at radius 2 is 1.79 bits per heavy atom. The van der Waals surface area contributed by atoms with Gasteiger partial charge in [-0.15, -0.1) is 0 Å². The van der Waals surface area contributed by atoms with Crippen molar-refractivity contribution >= 4 is 22.6 Å². The lowest BCUT2D eigenvalue weighted by Gasteiger charge is -2.30. The van der Waals surface area contributed by atoms with Gasteiger partial charge in [-0.1, -0.05) is 24.3 Å². The first-order valence-electron chi connectivity index (χ1n) is 12.6. The fraction of sp³-hybridized carbons (Fsp3) is 0.167. The fourth-order valence-corrected chi connectivity index (χ4v) is 4.38. The average molecular weight is 527 g/mol. The van der Waals surface area contributed by atoms with Gasteiger partial charge in [-0.05, 0) is 74.5 Å². The number of benzene rings is 3. The second-order valence-corrected chi connectivity index (χ2v) is 8.85.